The topological polar surface area (TPSA) is 62.1 Å². The molecular weight excluding hydrogens is 339 g/mol. The fourth-order valence-corrected chi connectivity index (χ4v) is 3.26. The van der Waals surface area contributed by atoms with Crippen LogP contribution >= 0.6 is 11.3 Å². The van der Waals surface area contributed by atoms with Crippen molar-refractivity contribution in [3.63, 3.8) is 0 Å². The van der Waals surface area contributed by atoms with Crippen LogP contribution in [0.1, 0.15) is 15.2 Å². The van der Waals surface area contributed by atoms with Crippen molar-refractivity contribution >= 4 is 22.9 Å². The monoisotopic (exact) mass is 352 g/mol. The van der Waals surface area contributed by atoms with Gasteiger partial charge in [0.25, 0.3) is 5.91 Å². The molecule has 0 bridgehead atoms. The largest absolute Gasteiger partial charge is 0.496 e. The molecule has 0 aliphatic rings. The Balaban J connectivity index is 1.91. The molecule has 25 heavy (non-hydrogen) atoms. The summed E-state index contributed by atoms with van der Waals surface area (Å²) in [5.74, 6) is -0.240. The van der Waals surface area contributed by atoms with Crippen LogP contribution in [0, 0.1) is 17.1 Å². The molecule has 3 aromatic rings. The van der Waals surface area contributed by atoms with Crippen LogP contribution in [0.15, 0.2) is 54.6 Å². The zero-order chi connectivity index (χ0) is 17.8. The molecule has 6 heteroatoms. The Bertz CT molecular complexity index is 958. The Morgan fingerprint density at radius 1 is 1.20 bits per heavy atom. The van der Waals surface area contributed by atoms with Crippen molar-refractivity contribution in [2.45, 2.75) is 0 Å². The Morgan fingerprint density at radius 2 is 1.92 bits per heavy atom. The third-order valence-electron chi connectivity index (χ3n) is 3.56. The van der Waals surface area contributed by atoms with Crippen LogP contribution in [0.25, 0.3) is 10.4 Å². The molecule has 1 heterocycles. The number of para-hydroxylation sites is 1. The van der Waals surface area contributed by atoms with Crippen molar-refractivity contribution < 1.29 is 13.9 Å². The van der Waals surface area contributed by atoms with E-state index in [1.807, 2.05) is 0 Å². The summed E-state index contributed by atoms with van der Waals surface area (Å²) < 4.78 is 18.3. The lowest BCUT2D eigenvalue weighted by Gasteiger charge is -2.08. The number of rotatable bonds is 4. The average molecular weight is 352 g/mol. The van der Waals surface area contributed by atoms with E-state index in [0.717, 1.165) is 10.4 Å². The number of ether oxygens (including phenoxy) is 1. The number of anilines is 1. The van der Waals surface area contributed by atoms with E-state index in [2.05, 4.69) is 11.4 Å². The number of nitrogens with one attached hydrogen (secondary N) is 1. The molecule has 2 aromatic carbocycles. The van der Waals surface area contributed by atoms with Gasteiger partial charge < -0.3 is 10.1 Å². The van der Waals surface area contributed by atoms with Crippen LogP contribution in [0.2, 0.25) is 0 Å². The predicted octanol–water partition coefficient (Wildman–Crippen LogP) is 4.69. The van der Waals surface area contributed by atoms with Crippen LogP contribution in [0.3, 0.4) is 0 Å². The number of thiophene rings is 1. The molecule has 0 unspecified atom stereocenters. The van der Waals surface area contributed by atoms with E-state index in [4.69, 9.17) is 4.74 Å². The number of halogens is 1. The summed E-state index contributed by atoms with van der Waals surface area (Å²) >= 11 is 1.24. The molecule has 3 rings (SSSR count). The molecule has 4 nitrogen and oxygen atoms in total. The Kier molecular flexibility index (Phi) is 4.78. The Morgan fingerprint density at radius 3 is 2.60 bits per heavy atom. The second-order valence-corrected chi connectivity index (χ2v) is 6.18. The highest BCUT2D eigenvalue weighted by Gasteiger charge is 2.16. The second-order valence-electron chi connectivity index (χ2n) is 5.13. The summed E-state index contributed by atoms with van der Waals surface area (Å²) in [5.41, 5.74) is 1.58. The van der Waals surface area contributed by atoms with Gasteiger partial charge in [0.2, 0.25) is 0 Å². The molecule has 0 saturated carbocycles. The van der Waals surface area contributed by atoms with Crippen molar-refractivity contribution in [3.05, 3.63) is 70.9 Å². The van der Waals surface area contributed by atoms with E-state index in [1.54, 1.807) is 42.5 Å². The van der Waals surface area contributed by atoms with Gasteiger partial charge in [-0.3, -0.25) is 4.79 Å². The third kappa shape index (κ3) is 3.52. The van der Waals surface area contributed by atoms with Gasteiger partial charge >= 0.3 is 0 Å². The number of carbonyl (C=O) groups excluding carboxylic acids is 1. The molecule has 0 aliphatic carbocycles. The highest BCUT2D eigenvalue weighted by atomic mass is 32.1. The maximum absolute atomic E-state index is 13.1. The predicted molar refractivity (Wildman–Crippen MR) is 95.4 cm³/mol. The number of hydrogen-bond donors (Lipinski definition) is 1. The summed E-state index contributed by atoms with van der Waals surface area (Å²) in [6.45, 7) is 0. The number of carbonyl (C=O) groups is 1. The number of benzene rings is 2. The average Bonchev–Trinajstić information content (AvgIpc) is 3.05. The number of nitriles is 1. The number of amides is 1. The minimum absolute atomic E-state index is 0.328. The summed E-state index contributed by atoms with van der Waals surface area (Å²) in [7, 11) is 1.49. The normalized spacial score (nSPS) is 10.1. The molecule has 124 valence electrons. The van der Waals surface area contributed by atoms with Gasteiger partial charge in [0.05, 0.1) is 18.4 Å². The molecule has 1 amide bonds. The van der Waals surface area contributed by atoms with Crippen LogP contribution in [-0.2, 0) is 0 Å². The molecule has 0 radical (unpaired) electrons. The van der Waals surface area contributed by atoms with Gasteiger partial charge in [0.15, 0.2) is 0 Å². The molecule has 1 aromatic heterocycles. The lowest BCUT2D eigenvalue weighted by atomic mass is 10.1. The van der Waals surface area contributed by atoms with Crippen molar-refractivity contribution in [2.75, 3.05) is 12.4 Å². The van der Waals surface area contributed by atoms with Crippen molar-refractivity contribution in [1.29, 1.82) is 5.26 Å². The van der Waals surface area contributed by atoms with E-state index < -0.39 is 0 Å². The van der Waals surface area contributed by atoms with Gasteiger partial charge in [-0.05, 0) is 35.9 Å². The lowest BCUT2D eigenvalue weighted by Crippen LogP contribution is -2.13. The fraction of sp³-hybridized carbons (Fsp3) is 0.0526. The number of methoxy groups -OCH3 is 1. The van der Waals surface area contributed by atoms with E-state index in [0.29, 0.717) is 21.9 Å². The SMILES string of the molecule is COc1ccccc1C(=O)Nc1cc(-c2ccc(F)cc2)sc1C#N. The first-order valence-corrected chi connectivity index (χ1v) is 8.18. The summed E-state index contributed by atoms with van der Waals surface area (Å²) in [5, 5.41) is 12.1. The maximum atomic E-state index is 13.1. The van der Waals surface area contributed by atoms with E-state index in [-0.39, 0.29) is 11.7 Å². The quantitative estimate of drug-likeness (QED) is 0.741. The van der Waals surface area contributed by atoms with Gasteiger partial charge in [0.1, 0.15) is 22.5 Å². The third-order valence-corrected chi connectivity index (χ3v) is 4.65. The fourth-order valence-electron chi connectivity index (χ4n) is 2.35. The van der Waals surface area contributed by atoms with Crippen LogP contribution in [0.5, 0.6) is 5.75 Å². The van der Waals surface area contributed by atoms with E-state index in [1.165, 1.54) is 30.6 Å². The number of nitrogens with zero attached hydrogens (tertiary/aromatic N) is 1. The first-order valence-electron chi connectivity index (χ1n) is 7.36. The first-order chi connectivity index (χ1) is 12.1. The highest BCUT2D eigenvalue weighted by Crippen LogP contribution is 2.35. The van der Waals surface area contributed by atoms with Crippen LogP contribution < -0.4 is 10.1 Å². The molecule has 0 atom stereocenters. The van der Waals surface area contributed by atoms with Crippen LogP contribution in [0.4, 0.5) is 10.1 Å². The molecular formula is C19H13FN2O2S. The van der Waals surface area contributed by atoms with Gasteiger partial charge in [-0.2, -0.15) is 5.26 Å². The first kappa shape index (κ1) is 16.7. The smallest absolute Gasteiger partial charge is 0.259 e. The van der Waals surface area contributed by atoms with Gasteiger partial charge in [-0.25, -0.2) is 4.39 Å². The van der Waals surface area contributed by atoms with Gasteiger partial charge in [0, 0.05) is 4.88 Å². The minimum Gasteiger partial charge on any atom is -0.496 e. The van der Waals surface area contributed by atoms with Crippen molar-refractivity contribution in [3.8, 4) is 22.3 Å². The molecule has 0 aliphatic heterocycles. The number of hydrogen-bond acceptors (Lipinski definition) is 4. The lowest BCUT2D eigenvalue weighted by molar-refractivity contribution is 0.102. The Labute approximate surface area is 148 Å². The van der Waals surface area contributed by atoms with Crippen molar-refractivity contribution in [1.82, 2.24) is 0 Å². The molecule has 1 N–H and O–H groups in total. The highest BCUT2D eigenvalue weighted by molar-refractivity contribution is 7.16. The van der Waals surface area contributed by atoms with E-state index >= 15 is 0 Å². The molecule has 0 saturated heterocycles. The van der Waals surface area contributed by atoms with E-state index in [9.17, 15) is 14.4 Å². The second kappa shape index (κ2) is 7.16. The van der Waals surface area contributed by atoms with Crippen LogP contribution in [-0.4, -0.2) is 13.0 Å². The summed E-state index contributed by atoms with van der Waals surface area (Å²) in [6.07, 6.45) is 0. The minimum atomic E-state index is -0.364. The van der Waals surface area contributed by atoms with Gasteiger partial charge in [-0.1, -0.05) is 24.3 Å². The van der Waals surface area contributed by atoms with Gasteiger partial charge in [-0.15, -0.1) is 11.3 Å². The molecule has 0 spiro atoms. The zero-order valence-corrected chi connectivity index (χ0v) is 14.1. The maximum Gasteiger partial charge on any atom is 0.259 e. The summed E-state index contributed by atoms with van der Waals surface area (Å²) in [6, 6.07) is 16.6. The molecule has 0 fully saturated rings. The Hall–Kier alpha value is -3.17. The standard InChI is InChI=1S/C19H13FN2O2S/c1-24-16-5-3-2-4-14(16)19(23)22-15-10-17(25-18(15)11-21)12-6-8-13(20)9-7-12/h2-10H,1H3,(H,22,23). The van der Waals surface area contributed by atoms with Crippen molar-refractivity contribution in [2.24, 2.45) is 0 Å². The zero-order valence-electron chi connectivity index (χ0n) is 13.2. The summed E-state index contributed by atoms with van der Waals surface area (Å²) in [4.78, 5) is 13.7.